The lowest BCUT2D eigenvalue weighted by Crippen LogP contribution is -2.44. The molecule has 0 spiro atoms. The van der Waals surface area contributed by atoms with Crippen molar-refractivity contribution < 1.29 is 14.3 Å². The number of rotatable bonds is 3. The first-order chi connectivity index (χ1) is 10.8. The van der Waals surface area contributed by atoms with Gasteiger partial charge in [0, 0.05) is 12.0 Å². The molecule has 4 heteroatoms. The number of ether oxygens (including phenoxy) is 1. The molecule has 2 rings (SSSR count). The molecule has 2 aliphatic rings. The highest BCUT2D eigenvalue weighted by Gasteiger charge is 2.47. The molecule has 0 unspecified atom stereocenters. The number of fused-ring (bicyclic) bond motifs is 1. The summed E-state index contributed by atoms with van der Waals surface area (Å²) < 4.78 is 5.68. The molecule has 0 N–H and O–H groups in total. The first-order valence-corrected chi connectivity index (χ1v) is 9.40. The third-order valence-electron chi connectivity index (χ3n) is 5.35. The Kier molecular flexibility index (Phi) is 5.56. The maximum absolute atomic E-state index is 12.3. The van der Waals surface area contributed by atoms with E-state index in [-0.39, 0.29) is 29.2 Å². The normalized spacial score (nSPS) is 30.9. The zero-order valence-corrected chi connectivity index (χ0v) is 15.5. The van der Waals surface area contributed by atoms with Crippen LogP contribution in [0.1, 0.15) is 47.0 Å². The predicted octanol–water partition coefficient (Wildman–Crippen LogP) is 4.45. The number of thioether (sulfide) groups is 1. The van der Waals surface area contributed by atoms with Crippen molar-refractivity contribution in [2.45, 2.75) is 53.1 Å². The van der Waals surface area contributed by atoms with E-state index in [9.17, 15) is 9.59 Å². The number of carbonyl (C=O) groups is 2. The smallest absolute Gasteiger partial charge is 0.331 e. The Bertz CT molecular complexity index is 596. The van der Waals surface area contributed by atoms with Crippen LogP contribution in [-0.2, 0) is 14.3 Å². The lowest BCUT2D eigenvalue weighted by atomic mass is 9.58. The van der Waals surface area contributed by atoms with Gasteiger partial charge >= 0.3 is 5.97 Å². The summed E-state index contributed by atoms with van der Waals surface area (Å²) in [5, 5.41) is 1.74. The van der Waals surface area contributed by atoms with Gasteiger partial charge in [-0.25, -0.2) is 4.79 Å². The van der Waals surface area contributed by atoms with Crippen LogP contribution >= 0.6 is 11.8 Å². The van der Waals surface area contributed by atoms with E-state index in [4.69, 9.17) is 4.74 Å². The minimum atomic E-state index is -0.276. The number of hydrogen-bond donors (Lipinski definition) is 0. The second kappa shape index (κ2) is 7.08. The van der Waals surface area contributed by atoms with Gasteiger partial charge in [-0.1, -0.05) is 25.0 Å². The van der Waals surface area contributed by atoms with Crippen LogP contribution in [-0.4, -0.2) is 24.1 Å². The summed E-state index contributed by atoms with van der Waals surface area (Å²) in [4.78, 5) is 24.2. The van der Waals surface area contributed by atoms with Gasteiger partial charge in [0.15, 0.2) is 5.78 Å². The molecule has 0 saturated heterocycles. The average Bonchev–Trinajstić information content (AvgIpc) is 2.49. The molecule has 0 radical (unpaired) electrons. The second-order valence-corrected chi connectivity index (χ2v) is 7.69. The van der Waals surface area contributed by atoms with Crippen LogP contribution < -0.4 is 0 Å². The second-order valence-electron chi connectivity index (χ2n) is 6.95. The van der Waals surface area contributed by atoms with Gasteiger partial charge in [-0.05, 0) is 61.8 Å². The van der Waals surface area contributed by atoms with Crippen molar-refractivity contribution in [3.8, 4) is 0 Å². The Labute approximate surface area is 143 Å². The molecule has 0 aromatic heterocycles. The summed E-state index contributed by atoms with van der Waals surface area (Å²) >= 11 is 1.48. The molecular formula is C19H26O3S. The molecule has 0 heterocycles. The molecular weight excluding hydrogens is 308 g/mol. The highest BCUT2D eigenvalue weighted by Crippen LogP contribution is 2.52. The monoisotopic (exact) mass is 334 g/mol. The van der Waals surface area contributed by atoms with Gasteiger partial charge in [0.2, 0.25) is 0 Å². The van der Waals surface area contributed by atoms with E-state index in [2.05, 4.69) is 13.8 Å². The van der Waals surface area contributed by atoms with Crippen LogP contribution in [0.15, 0.2) is 34.3 Å². The molecule has 2 aliphatic carbocycles. The Morgan fingerprint density at radius 1 is 1.43 bits per heavy atom. The van der Waals surface area contributed by atoms with Crippen molar-refractivity contribution in [1.82, 2.24) is 0 Å². The molecule has 0 aromatic carbocycles. The van der Waals surface area contributed by atoms with Crippen molar-refractivity contribution in [3.05, 3.63) is 34.3 Å². The van der Waals surface area contributed by atoms with E-state index >= 15 is 0 Å². The van der Waals surface area contributed by atoms with Crippen molar-refractivity contribution in [3.63, 3.8) is 0 Å². The first-order valence-electron chi connectivity index (χ1n) is 8.11. The summed E-state index contributed by atoms with van der Waals surface area (Å²) in [6.07, 6.45) is 7.49. The summed E-state index contributed by atoms with van der Waals surface area (Å²) in [6.45, 7) is 8.33. The zero-order valence-electron chi connectivity index (χ0n) is 14.6. The van der Waals surface area contributed by atoms with E-state index in [1.807, 2.05) is 26.2 Å². The lowest BCUT2D eigenvalue weighted by molar-refractivity contribution is -0.149. The van der Waals surface area contributed by atoms with E-state index in [0.29, 0.717) is 0 Å². The fraction of sp³-hybridized carbons (Fsp3) is 0.579. The van der Waals surface area contributed by atoms with Crippen LogP contribution in [0, 0.1) is 11.3 Å². The van der Waals surface area contributed by atoms with E-state index in [1.54, 1.807) is 5.41 Å². The van der Waals surface area contributed by atoms with Crippen molar-refractivity contribution in [2.75, 3.05) is 6.26 Å². The third-order valence-corrected chi connectivity index (χ3v) is 5.76. The molecule has 23 heavy (non-hydrogen) atoms. The van der Waals surface area contributed by atoms with Crippen LogP contribution in [0.25, 0.3) is 0 Å². The van der Waals surface area contributed by atoms with Gasteiger partial charge in [-0.2, -0.15) is 0 Å². The van der Waals surface area contributed by atoms with Crippen molar-refractivity contribution in [2.24, 2.45) is 11.3 Å². The van der Waals surface area contributed by atoms with Gasteiger partial charge in [-0.3, -0.25) is 4.79 Å². The molecule has 0 bridgehead atoms. The van der Waals surface area contributed by atoms with E-state index in [0.717, 1.165) is 30.4 Å². The molecule has 0 amide bonds. The minimum Gasteiger partial charge on any atom is -0.459 e. The molecule has 3 atom stereocenters. The highest BCUT2D eigenvalue weighted by molar-refractivity contribution is 8.01. The lowest BCUT2D eigenvalue weighted by Gasteiger charge is -2.48. The molecule has 0 aromatic rings. The SMILES string of the molecule is CS/C=C\C(=O)O[C@@H]1CCC2=CC(=O)C(=C(C)C)C[C@]2(C)[C@@H]1C. The van der Waals surface area contributed by atoms with Gasteiger partial charge in [0.25, 0.3) is 0 Å². The number of allylic oxidation sites excluding steroid dienone is 4. The number of ketones is 1. The molecule has 3 nitrogen and oxygen atoms in total. The van der Waals surface area contributed by atoms with Crippen molar-refractivity contribution in [1.29, 1.82) is 0 Å². The summed E-state index contributed by atoms with van der Waals surface area (Å²) in [6, 6.07) is 0. The average molecular weight is 334 g/mol. The largest absolute Gasteiger partial charge is 0.459 e. The maximum atomic E-state index is 12.3. The number of esters is 1. The van der Waals surface area contributed by atoms with Crippen LogP contribution in [0.2, 0.25) is 0 Å². The van der Waals surface area contributed by atoms with E-state index < -0.39 is 0 Å². The van der Waals surface area contributed by atoms with Gasteiger partial charge < -0.3 is 4.74 Å². The Hall–Kier alpha value is -1.29. The molecule has 1 saturated carbocycles. The molecule has 126 valence electrons. The molecule has 0 aliphatic heterocycles. The maximum Gasteiger partial charge on any atom is 0.331 e. The molecule has 1 fully saturated rings. The highest BCUT2D eigenvalue weighted by atomic mass is 32.2. The first kappa shape index (κ1) is 18.1. The zero-order chi connectivity index (χ0) is 17.2. The van der Waals surface area contributed by atoms with Crippen LogP contribution in [0.4, 0.5) is 0 Å². The van der Waals surface area contributed by atoms with Gasteiger partial charge in [-0.15, -0.1) is 11.8 Å². The Balaban J connectivity index is 2.23. The topological polar surface area (TPSA) is 43.4 Å². The number of carbonyl (C=O) groups excluding carboxylic acids is 2. The quantitative estimate of drug-likeness (QED) is 0.565. The van der Waals surface area contributed by atoms with Crippen LogP contribution in [0.3, 0.4) is 0 Å². The minimum absolute atomic E-state index is 0.0947. The van der Waals surface area contributed by atoms with Crippen LogP contribution in [0.5, 0.6) is 0 Å². The Morgan fingerprint density at radius 2 is 2.13 bits per heavy atom. The Morgan fingerprint density at radius 3 is 2.74 bits per heavy atom. The number of hydrogen-bond acceptors (Lipinski definition) is 4. The third kappa shape index (κ3) is 3.63. The standard InChI is InChI=1S/C19H26O3S/c1-12(2)15-11-19(4)13(3)17(22-18(21)8-9-23-5)7-6-14(19)10-16(15)20/h8-10,13,17H,6-7,11H2,1-5H3/b9-8-/t13-,17-,19-/m1/s1. The predicted molar refractivity (Wildman–Crippen MR) is 95.1 cm³/mol. The summed E-state index contributed by atoms with van der Waals surface area (Å²) in [5.41, 5.74) is 3.11. The van der Waals surface area contributed by atoms with Crippen molar-refractivity contribution >= 4 is 23.5 Å². The fourth-order valence-corrected chi connectivity index (χ4v) is 3.89. The fourth-order valence-electron chi connectivity index (χ4n) is 3.64. The summed E-state index contributed by atoms with van der Waals surface area (Å²) in [7, 11) is 0. The summed E-state index contributed by atoms with van der Waals surface area (Å²) in [5.74, 6) is 0.0705. The van der Waals surface area contributed by atoms with Gasteiger partial charge in [0.1, 0.15) is 6.10 Å². The van der Waals surface area contributed by atoms with Gasteiger partial charge in [0.05, 0.1) is 0 Å². The van der Waals surface area contributed by atoms with E-state index in [1.165, 1.54) is 23.4 Å².